The van der Waals surface area contributed by atoms with Crippen LogP contribution in [0.15, 0.2) is 0 Å². The molecule has 0 amide bonds. The van der Waals surface area contributed by atoms with Gasteiger partial charge in [-0.2, -0.15) is 0 Å². The highest BCUT2D eigenvalue weighted by Crippen LogP contribution is 2.12. The maximum Gasteiger partial charge on any atom is 0.307 e. The van der Waals surface area contributed by atoms with Gasteiger partial charge in [-0.05, 0) is 101 Å². The summed E-state index contributed by atoms with van der Waals surface area (Å²) in [7, 11) is 0. The van der Waals surface area contributed by atoms with E-state index < -0.39 is 22.8 Å². The maximum atomic E-state index is 12.5. The molecule has 0 bridgehead atoms. The SMILES string of the molecule is CC(C)(C)OC(=O)CCN1CCCN(CCC(=O)OC(C)(C)C)CCN(CCC(=O)OC(C)(C)C)CCCN(CCC(=O)O)CC1. The highest BCUT2D eigenvalue weighted by atomic mass is 16.6. The molecule has 0 aromatic carbocycles. The molecule has 1 heterocycles. The molecule has 0 unspecified atom stereocenters. The molecular formula is C34H64N4O8. The highest BCUT2D eigenvalue weighted by Gasteiger charge is 2.22. The molecule has 12 nitrogen and oxygen atoms in total. The zero-order chi connectivity index (χ0) is 35.0. The second kappa shape index (κ2) is 20.2. The number of carboxylic acid groups (broad SMARTS) is 1. The third kappa shape index (κ3) is 23.1. The maximum absolute atomic E-state index is 12.5. The van der Waals surface area contributed by atoms with Gasteiger partial charge in [-0.25, -0.2) is 0 Å². The van der Waals surface area contributed by atoms with Crippen LogP contribution in [0, 0.1) is 0 Å². The van der Waals surface area contributed by atoms with E-state index in [1.807, 2.05) is 62.3 Å². The van der Waals surface area contributed by atoms with Crippen LogP contribution in [0.25, 0.3) is 0 Å². The predicted molar refractivity (Wildman–Crippen MR) is 179 cm³/mol. The number of carboxylic acids is 1. The zero-order valence-corrected chi connectivity index (χ0v) is 30.3. The number of hydrogen-bond donors (Lipinski definition) is 1. The second-order valence-electron chi connectivity index (χ2n) is 15.2. The summed E-state index contributed by atoms with van der Waals surface area (Å²) in [6, 6.07) is 0. The quantitative estimate of drug-likeness (QED) is 0.243. The first kappa shape index (κ1) is 41.7. The monoisotopic (exact) mass is 656 g/mol. The molecule has 0 spiro atoms. The van der Waals surface area contributed by atoms with Crippen molar-refractivity contribution >= 4 is 23.9 Å². The van der Waals surface area contributed by atoms with E-state index >= 15 is 0 Å². The highest BCUT2D eigenvalue weighted by molar-refractivity contribution is 5.70. The molecule has 1 saturated heterocycles. The van der Waals surface area contributed by atoms with Gasteiger partial charge < -0.3 is 38.9 Å². The first-order valence-corrected chi connectivity index (χ1v) is 17.0. The lowest BCUT2D eigenvalue weighted by Crippen LogP contribution is -2.43. The third-order valence-electron chi connectivity index (χ3n) is 7.16. The van der Waals surface area contributed by atoms with Crippen LogP contribution in [-0.2, 0) is 33.4 Å². The van der Waals surface area contributed by atoms with E-state index in [1.165, 1.54) is 0 Å². The summed E-state index contributed by atoms with van der Waals surface area (Å²) in [5.74, 6) is -1.52. The molecule has 0 saturated carbocycles. The number of aliphatic carboxylic acids is 1. The van der Waals surface area contributed by atoms with E-state index in [-0.39, 0.29) is 43.6 Å². The molecular weight excluding hydrogens is 592 g/mol. The Hall–Kier alpha value is -2.28. The Bertz CT molecular complexity index is 939. The van der Waals surface area contributed by atoms with Gasteiger partial charge in [-0.15, -0.1) is 0 Å². The van der Waals surface area contributed by atoms with E-state index in [4.69, 9.17) is 14.2 Å². The van der Waals surface area contributed by atoms with E-state index in [1.54, 1.807) is 0 Å². The molecule has 1 aliphatic rings. The van der Waals surface area contributed by atoms with Crippen molar-refractivity contribution in [2.24, 2.45) is 0 Å². The second-order valence-corrected chi connectivity index (χ2v) is 15.2. The number of ether oxygens (including phenoxy) is 3. The molecule has 0 radical (unpaired) electrons. The van der Waals surface area contributed by atoms with Crippen LogP contribution < -0.4 is 0 Å². The van der Waals surface area contributed by atoms with Crippen LogP contribution in [0.3, 0.4) is 0 Å². The van der Waals surface area contributed by atoms with Gasteiger partial charge in [0.05, 0.1) is 25.7 Å². The molecule has 1 rings (SSSR count). The minimum atomic E-state index is -0.827. The van der Waals surface area contributed by atoms with Crippen LogP contribution >= 0.6 is 0 Å². The van der Waals surface area contributed by atoms with Gasteiger partial charge in [0.2, 0.25) is 0 Å². The Morgan fingerprint density at radius 1 is 0.457 bits per heavy atom. The van der Waals surface area contributed by atoms with Crippen LogP contribution in [-0.4, -0.2) is 144 Å². The summed E-state index contributed by atoms with van der Waals surface area (Å²) < 4.78 is 16.6. The number of rotatable bonds is 12. The van der Waals surface area contributed by atoms with Crippen molar-refractivity contribution in [2.75, 3.05) is 78.5 Å². The van der Waals surface area contributed by atoms with Crippen molar-refractivity contribution in [2.45, 2.75) is 118 Å². The average Bonchev–Trinajstić information content (AvgIpc) is 2.88. The number of esters is 3. The lowest BCUT2D eigenvalue weighted by atomic mass is 10.2. The Morgan fingerprint density at radius 2 is 0.696 bits per heavy atom. The fraction of sp³-hybridized carbons (Fsp3) is 0.882. The normalized spacial score (nSPS) is 18.0. The number of hydrogen-bond acceptors (Lipinski definition) is 11. The first-order chi connectivity index (χ1) is 21.2. The fourth-order valence-corrected chi connectivity index (χ4v) is 5.12. The Kier molecular flexibility index (Phi) is 18.3. The van der Waals surface area contributed by atoms with Gasteiger partial charge >= 0.3 is 23.9 Å². The largest absolute Gasteiger partial charge is 0.481 e. The van der Waals surface area contributed by atoms with Crippen molar-refractivity contribution < 1.29 is 38.5 Å². The van der Waals surface area contributed by atoms with E-state index in [0.717, 1.165) is 45.6 Å². The molecule has 0 aromatic heterocycles. The van der Waals surface area contributed by atoms with Crippen LogP contribution in [0.2, 0.25) is 0 Å². The molecule has 0 aromatic rings. The fourth-order valence-electron chi connectivity index (χ4n) is 5.12. The lowest BCUT2D eigenvalue weighted by molar-refractivity contribution is -0.156. The van der Waals surface area contributed by atoms with Gasteiger partial charge in [0.1, 0.15) is 16.8 Å². The minimum absolute atomic E-state index is 0.0624. The van der Waals surface area contributed by atoms with Crippen molar-refractivity contribution in [1.29, 1.82) is 0 Å². The molecule has 12 heteroatoms. The summed E-state index contributed by atoms with van der Waals surface area (Å²) in [4.78, 5) is 57.9. The third-order valence-corrected chi connectivity index (χ3v) is 7.16. The van der Waals surface area contributed by atoms with E-state index in [2.05, 4.69) is 19.6 Å². The van der Waals surface area contributed by atoms with Crippen molar-refractivity contribution in [1.82, 2.24) is 19.6 Å². The van der Waals surface area contributed by atoms with E-state index in [9.17, 15) is 24.3 Å². The number of nitrogens with zero attached hydrogens (tertiary/aromatic N) is 4. The molecule has 268 valence electrons. The number of carbonyl (C=O) groups is 4. The molecule has 1 fully saturated rings. The first-order valence-electron chi connectivity index (χ1n) is 17.0. The van der Waals surface area contributed by atoms with Gasteiger partial charge in [-0.1, -0.05) is 0 Å². The summed E-state index contributed by atoms with van der Waals surface area (Å²) in [5.41, 5.74) is -1.63. The van der Waals surface area contributed by atoms with Crippen molar-refractivity contribution in [3.8, 4) is 0 Å². The molecule has 1 N–H and O–H groups in total. The smallest absolute Gasteiger partial charge is 0.307 e. The summed E-state index contributed by atoms with van der Waals surface area (Å²) in [6.07, 6.45) is 2.55. The lowest BCUT2D eigenvalue weighted by Gasteiger charge is -2.32. The molecule has 0 atom stereocenters. The molecule has 1 aliphatic heterocycles. The van der Waals surface area contributed by atoms with Gasteiger partial charge in [0.15, 0.2) is 0 Å². The van der Waals surface area contributed by atoms with Crippen LogP contribution in [0.1, 0.15) is 101 Å². The minimum Gasteiger partial charge on any atom is -0.481 e. The van der Waals surface area contributed by atoms with Crippen LogP contribution in [0.5, 0.6) is 0 Å². The molecule has 46 heavy (non-hydrogen) atoms. The summed E-state index contributed by atoms with van der Waals surface area (Å²) >= 11 is 0. The Balaban J connectivity index is 3.05. The summed E-state index contributed by atoms with van der Waals surface area (Å²) in [5, 5.41) is 9.34. The molecule has 0 aliphatic carbocycles. The van der Waals surface area contributed by atoms with Crippen molar-refractivity contribution in [3.05, 3.63) is 0 Å². The standard InChI is InChI=1S/C34H64N4O8/c1-32(2,3)44-29(41)13-21-36-18-11-19-38(23-15-31(43)46-34(7,8)9)27-26-37(22-14-30(42)45-33(4,5)6)17-10-16-35(24-25-36)20-12-28(39)40/h10-27H2,1-9H3,(H,39,40). The Labute approximate surface area is 278 Å². The van der Waals surface area contributed by atoms with Gasteiger partial charge in [0.25, 0.3) is 0 Å². The van der Waals surface area contributed by atoms with E-state index in [0.29, 0.717) is 45.8 Å². The van der Waals surface area contributed by atoms with Gasteiger partial charge in [0, 0.05) is 52.4 Å². The van der Waals surface area contributed by atoms with Gasteiger partial charge in [-0.3, -0.25) is 19.2 Å². The Morgan fingerprint density at radius 3 is 0.913 bits per heavy atom. The van der Waals surface area contributed by atoms with Crippen LogP contribution in [0.4, 0.5) is 0 Å². The number of carbonyl (C=O) groups excluding carboxylic acids is 3. The van der Waals surface area contributed by atoms with Crippen molar-refractivity contribution in [3.63, 3.8) is 0 Å². The topological polar surface area (TPSA) is 129 Å². The predicted octanol–water partition coefficient (Wildman–Crippen LogP) is 3.66. The zero-order valence-electron chi connectivity index (χ0n) is 30.3. The average molecular weight is 657 g/mol. The summed E-state index contributed by atoms with van der Waals surface area (Å²) in [6.45, 7) is 24.7.